The zero-order valence-corrected chi connectivity index (χ0v) is 19.7. The minimum Gasteiger partial charge on any atom is -0.507 e. The number of aromatic hydroxyl groups is 2. The second kappa shape index (κ2) is 15.2. The van der Waals surface area contributed by atoms with Gasteiger partial charge in [-0.05, 0) is 48.9 Å². The fourth-order valence-electron chi connectivity index (χ4n) is 3.44. The van der Waals surface area contributed by atoms with E-state index in [9.17, 15) is 10.2 Å². The third-order valence-electron chi connectivity index (χ3n) is 5.01. The molecule has 0 aliphatic carbocycles. The predicted molar refractivity (Wildman–Crippen MR) is 125 cm³/mol. The predicted octanol–water partition coefficient (Wildman–Crippen LogP) is 4.77. The Morgan fingerprint density at radius 1 is 0.750 bits per heavy atom. The Morgan fingerprint density at radius 3 is 1.53 bits per heavy atom. The largest absolute Gasteiger partial charge is 0.507 e. The van der Waals surface area contributed by atoms with E-state index in [1.807, 2.05) is 36.4 Å². The van der Waals surface area contributed by atoms with Crippen LogP contribution in [-0.4, -0.2) is 46.8 Å². The smallest absolute Gasteiger partial charge is 0.300 e. The van der Waals surface area contributed by atoms with Crippen LogP contribution in [0.25, 0.3) is 0 Å². The van der Waals surface area contributed by atoms with Crippen LogP contribution in [0.1, 0.15) is 61.3 Å². The van der Waals surface area contributed by atoms with E-state index < -0.39 is 5.97 Å². The molecule has 1 aliphatic heterocycles. The molecule has 1 radical (unpaired) electrons. The molecule has 0 atom stereocenters. The molecule has 0 fully saturated rings. The minimum absolute atomic E-state index is 0. The van der Waals surface area contributed by atoms with Crippen LogP contribution >= 0.6 is 0 Å². The summed E-state index contributed by atoms with van der Waals surface area (Å²) >= 11 is 0. The van der Waals surface area contributed by atoms with Crippen molar-refractivity contribution in [2.75, 3.05) is 13.1 Å². The summed E-state index contributed by atoms with van der Waals surface area (Å²) in [6, 6.07) is 11.7. The second-order valence-electron chi connectivity index (χ2n) is 7.57. The quantitative estimate of drug-likeness (QED) is 0.474. The van der Waals surface area contributed by atoms with E-state index in [1.54, 1.807) is 12.4 Å². The maximum Gasteiger partial charge on any atom is 0.300 e. The number of fused-ring (bicyclic) bond motifs is 4. The van der Waals surface area contributed by atoms with Gasteiger partial charge in [0.25, 0.3) is 5.97 Å². The summed E-state index contributed by atoms with van der Waals surface area (Å²) < 4.78 is 0. The summed E-state index contributed by atoms with van der Waals surface area (Å²) in [4.78, 5) is 17.8. The van der Waals surface area contributed by atoms with E-state index in [-0.39, 0.29) is 17.1 Å². The van der Waals surface area contributed by atoms with Crippen LogP contribution in [0.5, 0.6) is 11.5 Å². The fourth-order valence-corrected chi connectivity index (χ4v) is 3.44. The molecule has 3 N–H and O–H groups in total. The molecule has 6 nitrogen and oxygen atoms in total. The Labute approximate surface area is 200 Å². The number of carboxylic acids is 1. The Hall–Kier alpha value is -2.63. The number of para-hydroxylation sites is 2. The number of hydrogen-bond donors (Lipinski definition) is 3. The Bertz CT molecular complexity index is 841. The molecule has 0 amide bonds. The third kappa shape index (κ3) is 9.67. The molecule has 3 rings (SSSR count). The number of carbonyl (C=O) groups is 1. The summed E-state index contributed by atoms with van der Waals surface area (Å²) in [5.41, 5.74) is 3.52. The van der Waals surface area contributed by atoms with E-state index in [2.05, 4.69) is 9.98 Å². The van der Waals surface area contributed by atoms with Gasteiger partial charge in [-0.25, -0.2) is 0 Å². The molecular weight excluding hydrogens is 447 g/mol. The number of carboxylic acid groups (broad SMARTS) is 1. The minimum atomic E-state index is -0.833. The van der Waals surface area contributed by atoms with Crippen LogP contribution in [0.15, 0.2) is 46.4 Å². The van der Waals surface area contributed by atoms with Crippen molar-refractivity contribution >= 4 is 18.4 Å². The molecular formula is C25H32MnN2O4. The summed E-state index contributed by atoms with van der Waals surface area (Å²) in [5, 5.41) is 28.3. The first-order chi connectivity index (χ1) is 15.0. The molecule has 4 bridgehead atoms. The molecule has 0 saturated heterocycles. The molecule has 1 heterocycles. The maximum atomic E-state index is 10.4. The number of aryl methyl sites for hydroxylation is 2. The van der Waals surface area contributed by atoms with Crippen LogP contribution in [0.2, 0.25) is 0 Å². The fraction of sp³-hybridized carbons (Fsp3) is 0.400. The number of rotatable bonds is 0. The summed E-state index contributed by atoms with van der Waals surface area (Å²) in [6.07, 6.45) is 10.8. The maximum absolute atomic E-state index is 10.4. The summed E-state index contributed by atoms with van der Waals surface area (Å²) in [6.45, 7) is 2.17. The molecule has 0 saturated carbocycles. The van der Waals surface area contributed by atoms with Gasteiger partial charge < -0.3 is 15.3 Å². The molecule has 2 aromatic rings. The van der Waals surface area contributed by atoms with Gasteiger partial charge in [0.2, 0.25) is 0 Å². The topological polar surface area (TPSA) is 102 Å². The van der Waals surface area contributed by atoms with Gasteiger partial charge in [-0.2, -0.15) is 0 Å². The number of phenolic OH excluding ortho intramolecular Hbond substituents is 2. The Balaban J connectivity index is 0.000000945. The number of hydrogen-bond acceptors (Lipinski definition) is 5. The Kier molecular flexibility index (Phi) is 13.0. The molecule has 2 aromatic carbocycles. The number of aliphatic carboxylic acids is 1. The van der Waals surface area contributed by atoms with Gasteiger partial charge in [0.15, 0.2) is 0 Å². The van der Waals surface area contributed by atoms with Crippen molar-refractivity contribution in [2.24, 2.45) is 9.98 Å². The first kappa shape index (κ1) is 27.4. The first-order valence-corrected chi connectivity index (χ1v) is 10.8. The van der Waals surface area contributed by atoms with E-state index in [0.717, 1.165) is 67.7 Å². The number of phenols is 2. The molecule has 1 aliphatic rings. The van der Waals surface area contributed by atoms with Crippen molar-refractivity contribution in [1.29, 1.82) is 0 Å². The van der Waals surface area contributed by atoms with Crippen molar-refractivity contribution in [3.8, 4) is 11.5 Å². The van der Waals surface area contributed by atoms with Gasteiger partial charge in [-0.15, -0.1) is 0 Å². The van der Waals surface area contributed by atoms with Crippen LogP contribution < -0.4 is 0 Å². The number of aliphatic imine (C=N–C) groups is 2. The van der Waals surface area contributed by atoms with Gasteiger partial charge >= 0.3 is 0 Å². The summed E-state index contributed by atoms with van der Waals surface area (Å²) in [7, 11) is 0. The number of nitrogens with zero attached hydrogens (tertiary/aromatic N) is 2. The van der Waals surface area contributed by atoms with Crippen LogP contribution in [-0.2, 0) is 34.7 Å². The third-order valence-corrected chi connectivity index (χ3v) is 5.01. The van der Waals surface area contributed by atoms with Gasteiger partial charge in [-0.1, -0.05) is 43.5 Å². The van der Waals surface area contributed by atoms with E-state index in [0.29, 0.717) is 24.6 Å². The Morgan fingerprint density at radius 2 is 1.12 bits per heavy atom. The molecule has 0 aromatic heterocycles. The molecule has 7 heteroatoms. The van der Waals surface area contributed by atoms with E-state index in [4.69, 9.17) is 9.90 Å². The second-order valence-corrected chi connectivity index (χ2v) is 7.57. The van der Waals surface area contributed by atoms with Crippen LogP contribution in [0.4, 0.5) is 0 Å². The van der Waals surface area contributed by atoms with Crippen LogP contribution in [0, 0.1) is 0 Å². The average molecular weight is 479 g/mol. The van der Waals surface area contributed by atoms with Crippen molar-refractivity contribution in [3.63, 3.8) is 0 Å². The standard InChI is InChI=1S/C23H28N2O2.C2H4O2.Mn/c26-22-18-8-4-2-1-3-5-9-19-11-7-13-21(23(19)27)17-25-15-14-24-16-20(22)12-6-10-18;1-2(3)4;/h6-7,10-13,16-17,26-27H,1-5,8-9,14-15H2;1H3,(H,3,4);. The monoisotopic (exact) mass is 479 g/mol. The first-order valence-electron chi connectivity index (χ1n) is 10.8. The van der Waals surface area contributed by atoms with Gasteiger partial charge in [0.05, 0.1) is 13.1 Å². The molecule has 0 unspecified atom stereocenters. The van der Waals surface area contributed by atoms with Gasteiger partial charge in [0, 0.05) is 47.5 Å². The number of benzene rings is 2. The van der Waals surface area contributed by atoms with Crippen molar-refractivity contribution in [2.45, 2.75) is 51.9 Å². The van der Waals surface area contributed by atoms with Crippen molar-refractivity contribution in [1.82, 2.24) is 0 Å². The normalized spacial score (nSPS) is 14.5. The average Bonchev–Trinajstić information content (AvgIpc) is 2.73. The van der Waals surface area contributed by atoms with E-state index >= 15 is 0 Å². The summed E-state index contributed by atoms with van der Waals surface area (Å²) in [5.74, 6) is -0.132. The zero-order chi connectivity index (χ0) is 22.5. The van der Waals surface area contributed by atoms with Gasteiger partial charge in [-0.3, -0.25) is 14.8 Å². The molecule has 173 valence electrons. The SMILES string of the molecule is CC(=O)O.Oc1c2cccc1CCCCCCCc1cccc(c1O)C=NCCN=C2.[Mn]. The van der Waals surface area contributed by atoms with Gasteiger partial charge in [0.1, 0.15) is 11.5 Å². The molecule has 32 heavy (non-hydrogen) atoms. The van der Waals surface area contributed by atoms with Crippen molar-refractivity contribution in [3.05, 3.63) is 58.7 Å². The van der Waals surface area contributed by atoms with Crippen molar-refractivity contribution < 1.29 is 37.2 Å². The van der Waals surface area contributed by atoms with Crippen LogP contribution in [0.3, 0.4) is 0 Å². The zero-order valence-electron chi connectivity index (χ0n) is 18.5. The molecule has 0 spiro atoms. The van der Waals surface area contributed by atoms with E-state index in [1.165, 1.54) is 6.42 Å².